The second-order valence-electron chi connectivity index (χ2n) is 7.45. The summed E-state index contributed by atoms with van der Waals surface area (Å²) >= 11 is 0. The highest BCUT2D eigenvalue weighted by Crippen LogP contribution is 2.40. The number of hydrogen-bond acceptors (Lipinski definition) is 5. The van der Waals surface area contributed by atoms with Crippen LogP contribution in [0.15, 0.2) is 12.1 Å². The van der Waals surface area contributed by atoms with Gasteiger partial charge < -0.3 is 19.1 Å². The molecule has 1 aromatic carbocycles. The number of piperidine rings is 2. The SMILES string of the molecule is COc1ccc(CN2CCC[C@H](C(=O)N3CCCCC3)C2)c(OC)c1OC. The van der Waals surface area contributed by atoms with Crippen molar-refractivity contribution in [2.75, 3.05) is 47.5 Å². The van der Waals surface area contributed by atoms with E-state index in [1.54, 1.807) is 21.3 Å². The Hall–Kier alpha value is -1.95. The molecule has 6 nitrogen and oxygen atoms in total. The lowest BCUT2D eigenvalue weighted by Crippen LogP contribution is -2.46. The van der Waals surface area contributed by atoms with Gasteiger partial charge in [-0.05, 0) is 44.7 Å². The molecule has 1 amide bonds. The fourth-order valence-corrected chi connectivity index (χ4v) is 4.30. The van der Waals surface area contributed by atoms with Crippen LogP contribution < -0.4 is 14.2 Å². The Morgan fingerprint density at radius 1 is 0.963 bits per heavy atom. The number of methoxy groups -OCH3 is 3. The Bertz CT molecular complexity index is 643. The van der Waals surface area contributed by atoms with Crippen LogP contribution in [-0.2, 0) is 11.3 Å². The molecule has 1 atom stereocenters. The molecule has 2 aliphatic rings. The number of amides is 1. The predicted octanol–water partition coefficient (Wildman–Crippen LogP) is 2.94. The molecule has 2 saturated heterocycles. The minimum absolute atomic E-state index is 0.114. The van der Waals surface area contributed by atoms with Crippen molar-refractivity contribution in [3.8, 4) is 17.2 Å². The first-order valence-corrected chi connectivity index (χ1v) is 9.97. The molecule has 0 saturated carbocycles. The Morgan fingerprint density at radius 2 is 1.70 bits per heavy atom. The van der Waals surface area contributed by atoms with E-state index in [1.165, 1.54) is 6.42 Å². The number of nitrogens with zero attached hydrogens (tertiary/aromatic N) is 2. The fraction of sp³-hybridized carbons (Fsp3) is 0.667. The topological polar surface area (TPSA) is 51.2 Å². The molecule has 3 rings (SSSR count). The highest BCUT2D eigenvalue weighted by atomic mass is 16.5. The number of likely N-dealkylation sites (tertiary alicyclic amines) is 2. The van der Waals surface area contributed by atoms with Crippen LogP contribution in [0.3, 0.4) is 0 Å². The van der Waals surface area contributed by atoms with Crippen LogP contribution >= 0.6 is 0 Å². The van der Waals surface area contributed by atoms with E-state index in [1.807, 2.05) is 12.1 Å². The fourth-order valence-electron chi connectivity index (χ4n) is 4.30. The highest BCUT2D eigenvalue weighted by molar-refractivity contribution is 5.79. The third kappa shape index (κ3) is 4.49. The van der Waals surface area contributed by atoms with E-state index in [4.69, 9.17) is 14.2 Å². The molecule has 1 aromatic rings. The third-order valence-corrected chi connectivity index (χ3v) is 5.70. The van der Waals surface area contributed by atoms with Gasteiger partial charge in [-0.2, -0.15) is 0 Å². The van der Waals surface area contributed by atoms with Gasteiger partial charge in [0.2, 0.25) is 11.7 Å². The first kappa shape index (κ1) is 19.8. The van der Waals surface area contributed by atoms with E-state index >= 15 is 0 Å². The molecule has 0 unspecified atom stereocenters. The lowest BCUT2D eigenvalue weighted by molar-refractivity contribution is -0.138. The minimum Gasteiger partial charge on any atom is -0.493 e. The number of ether oxygens (including phenoxy) is 3. The van der Waals surface area contributed by atoms with Gasteiger partial charge in [-0.25, -0.2) is 0 Å². The number of carbonyl (C=O) groups is 1. The van der Waals surface area contributed by atoms with Crippen molar-refractivity contribution in [1.82, 2.24) is 9.80 Å². The summed E-state index contributed by atoms with van der Waals surface area (Å²) < 4.78 is 16.5. The molecule has 2 aliphatic heterocycles. The maximum atomic E-state index is 12.9. The van der Waals surface area contributed by atoms with E-state index in [9.17, 15) is 4.79 Å². The zero-order valence-electron chi connectivity index (χ0n) is 16.8. The van der Waals surface area contributed by atoms with Crippen LogP contribution in [0.2, 0.25) is 0 Å². The van der Waals surface area contributed by atoms with Crippen LogP contribution in [0.4, 0.5) is 0 Å². The predicted molar refractivity (Wildman–Crippen MR) is 105 cm³/mol. The Kier molecular flexibility index (Phi) is 6.83. The molecular weight excluding hydrogens is 344 g/mol. The smallest absolute Gasteiger partial charge is 0.226 e. The van der Waals surface area contributed by atoms with Gasteiger partial charge in [0.05, 0.1) is 27.2 Å². The third-order valence-electron chi connectivity index (χ3n) is 5.70. The molecule has 0 spiro atoms. The van der Waals surface area contributed by atoms with Crippen molar-refractivity contribution < 1.29 is 19.0 Å². The quantitative estimate of drug-likeness (QED) is 0.764. The van der Waals surface area contributed by atoms with E-state index in [-0.39, 0.29) is 5.92 Å². The van der Waals surface area contributed by atoms with Crippen molar-refractivity contribution in [2.45, 2.75) is 38.6 Å². The summed E-state index contributed by atoms with van der Waals surface area (Å²) in [5.74, 6) is 2.45. The van der Waals surface area contributed by atoms with Crippen molar-refractivity contribution >= 4 is 5.91 Å². The Balaban J connectivity index is 1.69. The van der Waals surface area contributed by atoms with Crippen molar-refractivity contribution in [3.63, 3.8) is 0 Å². The average molecular weight is 376 g/mol. The normalized spacial score (nSPS) is 21.0. The standard InChI is InChI=1S/C21H32N2O4/c1-25-18-10-9-16(19(26-2)20(18)27-3)14-22-11-7-8-17(15-22)21(24)23-12-5-4-6-13-23/h9-10,17H,4-8,11-15H2,1-3H3/t17-/m0/s1. The number of hydrogen-bond donors (Lipinski definition) is 0. The lowest BCUT2D eigenvalue weighted by Gasteiger charge is -2.36. The number of rotatable bonds is 6. The minimum atomic E-state index is 0.114. The Labute approximate surface area is 162 Å². The van der Waals surface area contributed by atoms with E-state index < -0.39 is 0 Å². The van der Waals surface area contributed by atoms with E-state index in [0.29, 0.717) is 23.2 Å². The zero-order valence-corrected chi connectivity index (χ0v) is 16.8. The van der Waals surface area contributed by atoms with Gasteiger partial charge in [0, 0.05) is 31.7 Å². The van der Waals surface area contributed by atoms with Crippen LogP contribution in [0, 0.1) is 5.92 Å². The van der Waals surface area contributed by atoms with Gasteiger partial charge in [-0.15, -0.1) is 0 Å². The largest absolute Gasteiger partial charge is 0.493 e. The summed E-state index contributed by atoms with van der Waals surface area (Å²) in [6.07, 6.45) is 5.59. The first-order chi connectivity index (χ1) is 13.2. The molecule has 0 aliphatic carbocycles. The molecule has 0 N–H and O–H groups in total. The molecular formula is C21H32N2O4. The van der Waals surface area contributed by atoms with Crippen molar-refractivity contribution in [2.24, 2.45) is 5.92 Å². The monoisotopic (exact) mass is 376 g/mol. The van der Waals surface area contributed by atoms with Gasteiger partial charge in [0.1, 0.15) is 0 Å². The summed E-state index contributed by atoms with van der Waals surface area (Å²) in [4.78, 5) is 17.3. The molecule has 150 valence electrons. The van der Waals surface area contributed by atoms with Gasteiger partial charge >= 0.3 is 0 Å². The van der Waals surface area contributed by atoms with Crippen LogP contribution in [0.5, 0.6) is 17.2 Å². The summed E-state index contributed by atoms with van der Waals surface area (Å²) in [5, 5.41) is 0. The van der Waals surface area contributed by atoms with Gasteiger partial charge in [-0.3, -0.25) is 9.69 Å². The second kappa shape index (κ2) is 9.31. The summed E-state index contributed by atoms with van der Waals surface area (Å²) in [6, 6.07) is 3.94. The molecule has 0 radical (unpaired) electrons. The average Bonchev–Trinajstić information content (AvgIpc) is 2.73. The molecule has 6 heteroatoms. The van der Waals surface area contributed by atoms with Crippen molar-refractivity contribution in [1.29, 1.82) is 0 Å². The Morgan fingerprint density at radius 3 is 2.37 bits per heavy atom. The molecule has 27 heavy (non-hydrogen) atoms. The highest BCUT2D eigenvalue weighted by Gasteiger charge is 2.30. The van der Waals surface area contributed by atoms with Crippen LogP contribution in [-0.4, -0.2) is 63.2 Å². The van der Waals surface area contributed by atoms with Gasteiger partial charge in [-0.1, -0.05) is 6.07 Å². The second-order valence-corrected chi connectivity index (χ2v) is 7.45. The van der Waals surface area contributed by atoms with Crippen LogP contribution in [0.25, 0.3) is 0 Å². The maximum absolute atomic E-state index is 12.9. The van der Waals surface area contributed by atoms with Crippen LogP contribution in [0.1, 0.15) is 37.7 Å². The summed E-state index contributed by atoms with van der Waals surface area (Å²) in [7, 11) is 4.90. The summed E-state index contributed by atoms with van der Waals surface area (Å²) in [6.45, 7) is 4.42. The van der Waals surface area contributed by atoms with E-state index in [2.05, 4.69) is 9.80 Å². The zero-order chi connectivity index (χ0) is 19.2. The number of carbonyl (C=O) groups excluding carboxylic acids is 1. The number of benzene rings is 1. The molecule has 2 fully saturated rings. The lowest BCUT2D eigenvalue weighted by atomic mass is 9.95. The first-order valence-electron chi connectivity index (χ1n) is 9.97. The molecule has 0 aromatic heterocycles. The van der Waals surface area contributed by atoms with E-state index in [0.717, 1.165) is 64.0 Å². The molecule has 2 heterocycles. The van der Waals surface area contributed by atoms with Gasteiger partial charge in [0.15, 0.2) is 11.5 Å². The maximum Gasteiger partial charge on any atom is 0.226 e. The molecule has 0 bridgehead atoms. The van der Waals surface area contributed by atoms with Gasteiger partial charge in [0.25, 0.3) is 0 Å². The van der Waals surface area contributed by atoms with Crippen molar-refractivity contribution in [3.05, 3.63) is 17.7 Å². The summed E-state index contributed by atoms with van der Waals surface area (Å²) in [5.41, 5.74) is 1.06.